The van der Waals surface area contributed by atoms with Crippen molar-refractivity contribution in [1.29, 1.82) is 0 Å². The minimum atomic E-state index is 0.00516. The Balaban J connectivity index is 2.16. The number of rotatable bonds is 2. The van der Waals surface area contributed by atoms with Crippen LogP contribution in [0.1, 0.15) is 6.92 Å². The highest BCUT2D eigenvalue weighted by molar-refractivity contribution is 7.99. The van der Waals surface area contributed by atoms with Crippen molar-refractivity contribution in [1.82, 2.24) is 0 Å². The molecule has 0 saturated heterocycles. The Morgan fingerprint density at radius 1 is 1.09 bits per heavy atom. The lowest BCUT2D eigenvalue weighted by Crippen LogP contribution is -2.26. The zero-order chi connectivity index (χ0) is 15.9. The molecule has 0 bridgehead atoms. The third-order valence-corrected chi connectivity index (χ3v) is 4.74. The maximum absolute atomic E-state index is 12.2. The Kier molecular flexibility index (Phi) is 3.74. The van der Waals surface area contributed by atoms with Gasteiger partial charge in [-0.2, -0.15) is 0 Å². The van der Waals surface area contributed by atoms with E-state index in [4.69, 9.17) is 4.74 Å². The fourth-order valence-electron chi connectivity index (χ4n) is 2.52. The molecule has 0 atom stereocenters. The molecular weight excluding hydrogens is 296 g/mol. The molecule has 1 heterocycles. The number of anilines is 3. The van der Waals surface area contributed by atoms with E-state index in [0.29, 0.717) is 0 Å². The van der Waals surface area contributed by atoms with Crippen LogP contribution < -0.4 is 14.5 Å². The van der Waals surface area contributed by atoms with Crippen LogP contribution >= 0.6 is 11.8 Å². The number of fused-ring (bicyclic) bond motifs is 2. The third kappa shape index (κ3) is 2.41. The van der Waals surface area contributed by atoms with E-state index in [0.717, 1.165) is 32.6 Å². The molecule has 114 valence electrons. The Morgan fingerprint density at radius 3 is 2.32 bits per heavy atom. The maximum atomic E-state index is 12.2. The summed E-state index contributed by atoms with van der Waals surface area (Å²) in [5.41, 5.74) is 2.95. The topological polar surface area (TPSA) is 32.8 Å². The lowest BCUT2D eigenvalue weighted by molar-refractivity contribution is -0.115. The van der Waals surface area contributed by atoms with E-state index < -0.39 is 0 Å². The van der Waals surface area contributed by atoms with Gasteiger partial charge in [0.2, 0.25) is 5.91 Å². The molecule has 0 saturated carbocycles. The van der Waals surface area contributed by atoms with Crippen LogP contribution in [0, 0.1) is 0 Å². The summed E-state index contributed by atoms with van der Waals surface area (Å²) in [6.07, 6.45) is 0. The summed E-state index contributed by atoms with van der Waals surface area (Å²) in [5.74, 6) is 0.799. The lowest BCUT2D eigenvalue weighted by atomic mass is 10.2. The molecule has 2 aromatic rings. The normalized spacial score (nSPS) is 12.5. The molecular formula is C17H18N2O2S. The highest BCUT2D eigenvalue weighted by atomic mass is 32.2. The van der Waals surface area contributed by atoms with E-state index in [9.17, 15) is 4.79 Å². The SMILES string of the molecule is COc1ccc2c(c1)Sc1cc(N(C)C)ccc1N2C(C)=O. The van der Waals surface area contributed by atoms with E-state index >= 15 is 0 Å². The molecule has 0 aromatic heterocycles. The van der Waals surface area contributed by atoms with Gasteiger partial charge >= 0.3 is 0 Å². The fraction of sp³-hybridized carbons (Fsp3) is 0.235. The number of nitrogens with zero attached hydrogens (tertiary/aromatic N) is 2. The van der Waals surface area contributed by atoms with Crippen LogP contribution in [0.5, 0.6) is 5.75 Å². The van der Waals surface area contributed by atoms with Crippen molar-refractivity contribution >= 4 is 34.7 Å². The number of hydrogen-bond acceptors (Lipinski definition) is 4. The highest BCUT2D eigenvalue weighted by Crippen LogP contribution is 2.50. The van der Waals surface area contributed by atoms with Crippen LogP contribution in [0.2, 0.25) is 0 Å². The average molecular weight is 314 g/mol. The first-order valence-electron chi connectivity index (χ1n) is 6.99. The quantitative estimate of drug-likeness (QED) is 0.841. The van der Waals surface area contributed by atoms with Crippen molar-refractivity contribution in [3.8, 4) is 5.75 Å². The van der Waals surface area contributed by atoms with E-state index in [1.807, 2.05) is 44.4 Å². The monoisotopic (exact) mass is 314 g/mol. The van der Waals surface area contributed by atoms with E-state index in [-0.39, 0.29) is 5.91 Å². The molecule has 4 nitrogen and oxygen atoms in total. The molecule has 1 aliphatic heterocycles. The van der Waals surface area contributed by atoms with Crippen LogP contribution in [0.15, 0.2) is 46.2 Å². The summed E-state index contributed by atoms with van der Waals surface area (Å²) in [6.45, 7) is 1.59. The molecule has 0 unspecified atom stereocenters. The molecule has 0 fully saturated rings. The summed E-state index contributed by atoms with van der Waals surface area (Å²) in [6, 6.07) is 11.9. The van der Waals surface area contributed by atoms with Crippen molar-refractivity contribution in [2.24, 2.45) is 0 Å². The van der Waals surface area contributed by atoms with E-state index in [1.165, 1.54) is 0 Å². The number of carbonyl (C=O) groups is 1. The maximum Gasteiger partial charge on any atom is 0.228 e. The van der Waals surface area contributed by atoms with Crippen molar-refractivity contribution in [3.63, 3.8) is 0 Å². The number of benzene rings is 2. The van der Waals surface area contributed by atoms with Crippen molar-refractivity contribution < 1.29 is 9.53 Å². The zero-order valence-corrected chi connectivity index (χ0v) is 13.9. The molecule has 0 N–H and O–H groups in total. The molecule has 5 heteroatoms. The molecule has 0 radical (unpaired) electrons. The predicted molar refractivity (Wildman–Crippen MR) is 90.7 cm³/mol. The number of carbonyl (C=O) groups excluding carboxylic acids is 1. The summed E-state index contributed by atoms with van der Waals surface area (Å²) in [5, 5.41) is 0. The van der Waals surface area contributed by atoms with Gasteiger partial charge in [0, 0.05) is 36.5 Å². The van der Waals surface area contributed by atoms with Gasteiger partial charge < -0.3 is 9.64 Å². The second-order valence-corrected chi connectivity index (χ2v) is 6.42. The van der Waals surface area contributed by atoms with Gasteiger partial charge in [-0.25, -0.2) is 0 Å². The Labute approximate surface area is 134 Å². The fourth-order valence-corrected chi connectivity index (χ4v) is 3.64. The Bertz CT molecular complexity index is 743. The van der Waals surface area contributed by atoms with E-state index in [2.05, 4.69) is 11.0 Å². The summed E-state index contributed by atoms with van der Waals surface area (Å²) in [4.78, 5) is 18.1. The van der Waals surface area contributed by atoms with Gasteiger partial charge in [-0.05, 0) is 36.4 Å². The minimum Gasteiger partial charge on any atom is -0.497 e. The molecule has 1 amide bonds. The van der Waals surface area contributed by atoms with Crippen molar-refractivity contribution in [2.45, 2.75) is 16.7 Å². The molecule has 0 spiro atoms. The van der Waals surface area contributed by atoms with Crippen LogP contribution in [0.3, 0.4) is 0 Å². The van der Waals surface area contributed by atoms with E-state index in [1.54, 1.807) is 30.7 Å². The highest BCUT2D eigenvalue weighted by Gasteiger charge is 2.27. The molecule has 0 aliphatic carbocycles. The second-order valence-electron chi connectivity index (χ2n) is 5.34. The predicted octanol–water partition coefficient (Wildman–Crippen LogP) is 3.91. The number of methoxy groups -OCH3 is 1. The summed E-state index contributed by atoms with van der Waals surface area (Å²) >= 11 is 1.66. The molecule has 1 aliphatic rings. The van der Waals surface area contributed by atoms with Crippen LogP contribution in [0.4, 0.5) is 17.1 Å². The first-order valence-corrected chi connectivity index (χ1v) is 7.81. The third-order valence-electron chi connectivity index (χ3n) is 3.64. The van der Waals surface area contributed by atoms with Gasteiger partial charge in [0.15, 0.2) is 0 Å². The van der Waals surface area contributed by atoms with Gasteiger partial charge in [0.05, 0.1) is 18.5 Å². The molecule has 2 aromatic carbocycles. The number of ether oxygens (including phenoxy) is 1. The zero-order valence-electron chi connectivity index (χ0n) is 13.1. The van der Waals surface area contributed by atoms with Gasteiger partial charge in [-0.3, -0.25) is 9.69 Å². The van der Waals surface area contributed by atoms with Crippen LogP contribution in [-0.4, -0.2) is 27.1 Å². The first-order chi connectivity index (χ1) is 10.5. The largest absolute Gasteiger partial charge is 0.497 e. The number of hydrogen-bond donors (Lipinski definition) is 0. The van der Waals surface area contributed by atoms with Gasteiger partial charge in [0.25, 0.3) is 0 Å². The second kappa shape index (κ2) is 5.57. The first kappa shape index (κ1) is 14.8. The van der Waals surface area contributed by atoms with Crippen molar-refractivity contribution in [3.05, 3.63) is 36.4 Å². The Hall–Kier alpha value is -2.14. The lowest BCUT2D eigenvalue weighted by Gasteiger charge is -2.31. The molecule has 22 heavy (non-hydrogen) atoms. The van der Waals surface area contributed by atoms with Gasteiger partial charge in [0.1, 0.15) is 5.75 Å². The van der Waals surface area contributed by atoms with Crippen LogP contribution in [-0.2, 0) is 4.79 Å². The summed E-state index contributed by atoms with van der Waals surface area (Å²) < 4.78 is 5.30. The van der Waals surface area contributed by atoms with Crippen LogP contribution in [0.25, 0.3) is 0 Å². The van der Waals surface area contributed by atoms with Gasteiger partial charge in [-0.15, -0.1) is 0 Å². The average Bonchev–Trinajstić information content (AvgIpc) is 2.50. The minimum absolute atomic E-state index is 0.00516. The molecule has 3 rings (SSSR count). The summed E-state index contributed by atoms with van der Waals surface area (Å²) in [7, 11) is 5.67. The van der Waals surface area contributed by atoms with Gasteiger partial charge in [-0.1, -0.05) is 11.8 Å². The number of amides is 1. The van der Waals surface area contributed by atoms with Crippen molar-refractivity contribution in [2.75, 3.05) is 31.0 Å². The smallest absolute Gasteiger partial charge is 0.228 e. The standard InChI is InChI=1S/C17H18N2O2S/c1-11(20)19-14-7-5-12(18(2)3)9-16(14)22-17-10-13(21-4)6-8-15(17)19/h5-10H,1-4H3. The Morgan fingerprint density at radius 2 is 1.73 bits per heavy atom.